The minimum absolute atomic E-state index is 0.194. The summed E-state index contributed by atoms with van der Waals surface area (Å²) in [5.41, 5.74) is 8.82. The first-order valence-corrected chi connectivity index (χ1v) is 11.1. The molecule has 0 atom stereocenters. The van der Waals surface area contributed by atoms with E-state index in [2.05, 4.69) is 32.2 Å². The molecule has 1 aliphatic rings. The van der Waals surface area contributed by atoms with Gasteiger partial charge in [0, 0.05) is 25.6 Å². The van der Waals surface area contributed by atoms with E-state index in [0.717, 1.165) is 12.1 Å². The Morgan fingerprint density at radius 1 is 0.971 bits per heavy atom. The van der Waals surface area contributed by atoms with Crippen LogP contribution < -0.4 is 32.0 Å². The number of carbonyl (C=O) groups excluding carboxylic acids is 1. The summed E-state index contributed by atoms with van der Waals surface area (Å²) >= 11 is 0. The smallest absolute Gasteiger partial charge is 0.323 e. The Labute approximate surface area is 196 Å². The maximum Gasteiger partial charge on any atom is 0.323 e. The fourth-order valence-corrected chi connectivity index (χ4v) is 3.68. The summed E-state index contributed by atoms with van der Waals surface area (Å²) < 4.78 is 42.7. The second-order valence-corrected chi connectivity index (χ2v) is 8.97. The Hall–Kier alpha value is -3.47. The molecule has 0 saturated carbocycles. The van der Waals surface area contributed by atoms with Crippen molar-refractivity contribution in [2.75, 3.05) is 28.6 Å². The summed E-state index contributed by atoms with van der Waals surface area (Å²) in [5.74, 6) is -1.16. The second kappa shape index (κ2) is 11.1. The van der Waals surface area contributed by atoms with Crippen molar-refractivity contribution in [3.8, 4) is 0 Å². The van der Waals surface area contributed by atoms with Crippen molar-refractivity contribution in [3.05, 3.63) is 53.3 Å². The van der Waals surface area contributed by atoms with Crippen LogP contribution in [0.25, 0.3) is 0 Å². The zero-order valence-electron chi connectivity index (χ0n) is 19.6. The van der Waals surface area contributed by atoms with Crippen LogP contribution in [0.15, 0.2) is 35.4 Å². The zero-order valence-corrected chi connectivity index (χ0v) is 19.6. The first kappa shape index (κ1) is 25.2. The van der Waals surface area contributed by atoms with Gasteiger partial charge in [0.25, 0.3) is 0 Å². The summed E-state index contributed by atoms with van der Waals surface area (Å²) in [6.45, 7) is 9.25. The van der Waals surface area contributed by atoms with Crippen LogP contribution in [0.4, 0.5) is 35.0 Å². The van der Waals surface area contributed by atoms with Gasteiger partial charge >= 0.3 is 6.03 Å². The van der Waals surface area contributed by atoms with Crippen molar-refractivity contribution >= 4 is 28.9 Å². The highest BCUT2D eigenvalue weighted by Gasteiger charge is 2.22. The van der Waals surface area contributed by atoms with Crippen molar-refractivity contribution in [2.24, 2.45) is 16.9 Å². The monoisotopic (exact) mass is 477 g/mol. The molecule has 0 aliphatic carbocycles. The van der Waals surface area contributed by atoms with Crippen LogP contribution in [0.3, 0.4) is 0 Å². The average molecular weight is 478 g/mol. The minimum Gasteiger partial charge on any atom is -0.367 e. The Morgan fingerprint density at radius 3 is 2.24 bits per heavy atom. The predicted octanol–water partition coefficient (Wildman–Crippen LogP) is 4.33. The van der Waals surface area contributed by atoms with Crippen molar-refractivity contribution in [3.63, 3.8) is 0 Å². The number of rotatable bonds is 9. The predicted molar refractivity (Wildman–Crippen MR) is 128 cm³/mol. The third kappa shape index (κ3) is 6.77. The van der Waals surface area contributed by atoms with E-state index < -0.39 is 23.5 Å². The number of carbonyl (C=O) groups is 1. The molecule has 1 heterocycles. The number of urea groups is 1. The minimum atomic E-state index is -0.915. The molecule has 11 heteroatoms. The molecule has 34 heavy (non-hydrogen) atoms. The molecular weight excluding hydrogens is 447 g/mol. The quantitative estimate of drug-likeness (QED) is 0.371. The number of anilines is 3. The standard InChI is InChI=1S/C23H30F3N7O/c1-13(2)11-33(12-14(3)4)22-18(26)7-15(9-21-29-31-32-30-21)8-20(22)28-23(34)27-19-6-5-16(24)10-17(19)25/h5-8,10,13-14,31-32H,9,11-12H2,1-4H3,(H,29,30)(H2,27,28,34). The van der Waals surface area contributed by atoms with Gasteiger partial charge in [-0.25, -0.2) is 23.5 Å². The zero-order chi connectivity index (χ0) is 24.8. The van der Waals surface area contributed by atoms with Gasteiger partial charge in [0.1, 0.15) is 23.3 Å². The van der Waals surface area contributed by atoms with Gasteiger partial charge in [0.15, 0.2) is 0 Å². The van der Waals surface area contributed by atoms with Crippen LogP contribution in [0.2, 0.25) is 0 Å². The van der Waals surface area contributed by atoms with Crippen LogP contribution in [-0.2, 0) is 6.42 Å². The maximum absolute atomic E-state index is 15.5. The molecule has 184 valence electrons. The molecule has 5 N–H and O–H groups in total. The van der Waals surface area contributed by atoms with E-state index in [1.54, 1.807) is 6.07 Å². The first-order chi connectivity index (χ1) is 16.1. The van der Waals surface area contributed by atoms with Gasteiger partial charge in [0.05, 0.1) is 17.1 Å². The lowest BCUT2D eigenvalue weighted by Crippen LogP contribution is -2.35. The van der Waals surface area contributed by atoms with Crippen molar-refractivity contribution in [1.82, 2.24) is 16.5 Å². The van der Waals surface area contributed by atoms with Gasteiger partial charge in [-0.2, -0.15) is 0 Å². The molecule has 3 rings (SSSR count). The molecule has 0 unspecified atom stereocenters. The molecule has 8 nitrogen and oxygen atoms in total. The summed E-state index contributed by atoms with van der Waals surface area (Å²) in [6.07, 6.45) is 0.272. The lowest BCUT2D eigenvalue weighted by molar-refractivity contribution is 0.262. The fraction of sp³-hybridized carbons (Fsp3) is 0.391. The van der Waals surface area contributed by atoms with E-state index in [9.17, 15) is 13.6 Å². The Kier molecular flexibility index (Phi) is 8.21. The number of benzene rings is 2. The summed E-state index contributed by atoms with van der Waals surface area (Å²) in [4.78, 5) is 14.6. The molecule has 0 spiro atoms. The van der Waals surface area contributed by atoms with Crippen LogP contribution in [0.5, 0.6) is 0 Å². The van der Waals surface area contributed by atoms with E-state index in [1.807, 2.05) is 32.6 Å². The molecule has 0 aromatic heterocycles. The van der Waals surface area contributed by atoms with E-state index in [1.165, 1.54) is 6.07 Å². The largest absolute Gasteiger partial charge is 0.367 e. The topological polar surface area (TPSA) is 92.8 Å². The van der Waals surface area contributed by atoms with Crippen molar-refractivity contribution < 1.29 is 18.0 Å². The number of halogens is 3. The number of hydrogen-bond donors (Lipinski definition) is 5. The molecule has 1 aliphatic heterocycles. The van der Waals surface area contributed by atoms with Gasteiger partial charge in [0.2, 0.25) is 0 Å². The number of nitrogens with one attached hydrogen (secondary N) is 5. The lowest BCUT2D eigenvalue weighted by atomic mass is 10.1. The molecule has 0 radical (unpaired) electrons. The molecule has 2 amide bonds. The maximum atomic E-state index is 15.5. The number of nitrogens with zero attached hydrogens (tertiary/aromatic N) is 2. The fourth-order valence-electron chi connectivity index (χ4n) is 3.68. The molecule has 0 saturated heterocycles. The number of amides is 2. The second-order valence-electron chi connectivity index (χ2n) is 8.97. The Morgan fingerprint density at radius 2 is 1.65 bits per heavy atom. The summed E-state index contributed by atoms with van der Waals surface area (Å²) in [5, 5.41) is 9.01. The van der Waals surface area contributed by atoms with Crippen molar-refractivity contribution in [1.29, 1.82) is 0 Å². The molecule has 2 aromatic rings. The van der Waals surface area contributed by atoms with Gasteiger partial charge < -0.3 is 15.5 Å². The van der Waals surface area contributed by atoms with Crippen LogP contribution in [0, 0.1) is 29.3 Å². The van der Waals surface area contributed by atoms with Crippen LogP contribution in [0.1, 0.15) is 33.3 Å². The normalized spacial score (nSPS) is 12.9. The van der Waals surface area contributed by atoms with Gasteiger partial charge in [-0.05, 0) is 41.7 Å². The third-order valence-corrected chi connectivity index (χ3v) is 4.86. The van der Waals surface area contributed by atoms with E-state index in [-0.39, 0.29) is 35.3 Å². The summed E-state index contributed by atoms with van der Waals surface area (Å²) in [6, 6.07) is 5.12. The van der Waals surface area contributed by atoms with Crippen molar-refractivity contribution in [2.45, 2.75) is 34.1 Å². The Bertz CT molecular complexity index is 1050. The third-order valence-electron chi connectivity index (χ3n) is 4.86. The van der Waals surface area contributed by atoms with E-state index >= 15 is 4.39 Å². The number of hydrazone groups is 1. The molecule has 0 fully saturated rings. The Balaban J connectivity index is 1.95. The van der Waals surface area contributed by atoms with Crippen LogP contribution >= 0.6 is 0 Å². The van der Waals surface area contributed by atoms with Gasteiger partial charge in [-0.15, -0.1) is 10.6 Å². The summed E-state index contributed by atoms with van der Waals surface area (Å²) in [7, 11) is 0. The van der Waals surface area contributed by atoms with Gasteiger partial charge in [-0.1, -0.05) is 27.7 Å². The van der Waals surface area contributed by atoms with Crippen LogP contribution in [-0.4, -0.2) is 25.0 Å². The molecule has 2 aromatic carbocycles. The van der Waals surface area contributed by atoms with Gasteiger partial charge in [-0.3, -0.25) is 5.43 Å². The number of hydrogen-bond acceptors (Lipinski definition) is 6. The average Bonchev–Trinajstić information content (AvgIpc) is 3.21. The molecule has 0 bridgehead atoms. The SMILES string of the molecule is CC(C)CN(CC(C)C)c1c(F)cc(CC2=NNNN2)cc1NC(=O)Nc1ccc(F)cc1F. The highest BCUT2D eigenvalue weighted by molar-refractivity contribution is 6.02. The number of amidine groups is 1. The van der Waals surface area contributed by atoms with E-state index in [0.29, 0.717) is 30.6 Å². The number of hydrazine groups is 2. The van der Waals surface area contributed by atoms with E-state index in [4.69, 9.17) is 0 Å². The molecular formula is C23H30F3N7O. The lowest BCUT2D eigenvalue weighted by Gasteiger charge is -2.31. The first-order valence-electron chi connectivity index (χ1n) is 11.1. The highest BCUT2D eigenvalue weighted by atomic mass is 19.1. The highest BCUT2D eigenvalue weighted by Crippen LogP contribution is 2.33.